The predicted molar refractivity (Wildman–Crippen MR) is 71.5 cm³/mol. The monoisotopic (exact) mass is 265 g/mol. The maximum Gasteiger partial charge on any atom is 0.404 e. The van der Waals surface area contributed by atoms with Crippen LogP contribution in [0.3, 0.4) is 0 Å². The van der Waals surface area contributed by atoms with Gasteiger partial charge >= 0.3 is 6.09 Å². The fourth-order valence-corrected chi connectivity index (χ4v) is 1.74. The first-order chi connectivity index (χ1) is 8.28. The number of amides is 1. The Balaban J connectivity index is 2.92. The lowest BCUT2D eigenvalue weighted by atomic mass is 10.1. The van der Waals surface area contributed by atoms with Gasteiger partial charge in [-0.05, 0) is 18.2 Å². The van der Waals surface area contributed by atoms with Crippen LogP contribution in [0.15, 0.2) is 18.2 Å². The van der Waals surface area contributed by atoms with Crippen molar-refractivity contribution in [2.45, 2.75) is 26.2 Å². The highest BCUT2D eigenvalue weighted by Crippen LogP contribution is 2.10. The largest absolute Gasteiger partial charge is 0.465 e. The molecule has 5 heteroatoms. The van der Waals surface area contributed by atoms with Crippen LogP contribution in [0.2, 0.25) is 19.6 Å². The van der Waals surface area contributed by atoms with E-state index in [4.69, 9.17) is 5.11 Å². The van der Waals surface area contributed by atoms with Crippen molar-refractivity contribution in [3.05, 3.63) is 35.1 Å². The molecule has 18 heavy (non-hydrogen) atoms. The van der Waals surface area contributed by atoms with E-state index < -0.39 is 20.0 Å². The molecule has 0 spiro atoms. The van der Waals surface area contributed by atoms with Gasteiger partial charge in [0.15, 0.2) is 0 Å². The highest BCUT2D eigenvalue weighted by atomic mass is 28.3. The van der Waals surface area contributed by atoms with Gasteiger partial charge in [-0.15, -0.1) is 5.54 Å². The maximum absolute atomic E-state index is 13.4. The van der Waals surface area contributed by atoms with Gasteiger partial charge in [-0.1, -0.05) is 25.6 Å². The molecule has 0 heterocycles. The van der Waals surface area contributed by atoms with E-state index in [0.717, 1.165) is 0 Å². The normalized spacial score (nSPS) is 10.4. The van der Waals surface area contributed by atoms with Crippen LogP contribution in [-0.2, 0) is 6.54 Å². The topological polar surface area (TPSA) is 49.3 Å². The fraction of sp³-hybridized carbons (Fsp3) is 0.308. The molecule has 0 aromatic heterocycles. The molecule has 1 amide bonds. The molecule has 1 aromatic carbocycles. The molecule has 0 aliphatic rings. The molecular formula is C13H16FNO2Si. The van der Waals surface area contributed by atoms with Gasteiger partial charge in [0.25, 0.3) is 0 Å². The molecule has 0 unspecified atom stereocenters. The first-order valence-corrected chi connectivity index (χ1v) is 9.06. The summed E-state index contributed by atoms with van der Waals surface area (Å²) in [5, 5.41) is 10.6. The molecule has 0 atom stereocenters. The quantitative estimate of drug-likeness (QED) is 0.638. The number of carbonyl (C=O) groups is 1. The SMILES string of the molecule is C[Si](C)(C)C#Cc1ccc(F)c(CNC(=O)O)c1. The summed E-state index contributed by atoms with van der Waals surface area (Å²) < 4.78 is 13.4. The number of rotatable bonds is 2. The highest BCUT2D eigenvalue weighted by Gasteiger charge is 2.08. The highest BCUT2D eigenvalue weighted by molar-refractivity contribution is 6.83. The molecule has 3 nitrogen and oxygen atoms in total. The van der Waals surface area contributed by atoms with E-state index in [1.807, 2.05) is 0 Å². The summed E-state index contributed by atoms with van der Waals surface area (Å²) >= 11 is 0. The third kappa shape index (κ3) is 5.02. The van der Waals surface area contributed by atoms with Gasteiger partial charge in [0.05, 0.1) is 0 Å². The van der Waals surface area contributed by atoms with Crippen LogP contribution in [-0.4, -0.2) is 19.3 Å². The molecule has 0 aliphatic heterocycles. The summed E-state index contributed by atoms with van der Waals surface area (Å²) in [4.78, 5) is 10.4. The second-order valence-electron chi connectivity index (χ2n) is 4.96. The zero-order valence-electron chi connectivity index (χ0n) is 10.7. The van der Waals surface area contributed by atoms with E-state index in [1.165, 1.54) is 6.07 Å². The van der Waals surface area contributed by atoms with Crippen LogP contribution < -0.4 is 5.32 Å². The molecule has 0 fully saturated rings. The summed E-state index contributed by atoms with van der Waals surface area (Å²) in [6, 6.07) is 4.50. The molecule has 1 rings (SSSR count). The molecule has 0 bridgehead atoms. The third-order valence-corrected chi connectivity index (χ3v) is 2.93. The molecular weight excluding hydrogens is 249 g/mol. The van der Waals surface area contributed by atoms with Crippen LogP contribution in [0.25, 0.3) is 0 Å². The van der Waals surface area contributed by atoms with Crippen LogP contribution in [0, 0.1) is 17.3 Å². The second kappa shape index (κ2) is 5.69. The average molecular weight is 265 g/mol. The Kier molecular flexibility index (Phi) is 4.51. The van der Waals surface area contributed by atoms with Gasteiger partial charge < -0.3 is 10.4 Å². The van der Waals surface area contributed by atoms with Crippen molar-refractivity contribution in [3.8, 4) is 11.5 Å². The third-order valence-electron chi connectivity index (χ3n) is 2.06. The number of carboxylic acid groups (broad SMARTS) is 1. The number of nitrogens with one attached hydrogen (secondary N) is 1. The number of halogens is 1. The number of benzene rings is 1. The lowest BCUT2D eigenvalue weighted by Crippen LogP contribution is -2.20. The summed E-state index contributed by atoms with van der Waals surface area (Å²) in [6.07, 6.45) is -1.17. The molecule has 0 aliphatic carbocycles. The van der Waals surface area contributed by atoms with Crippen LogP contribution in [0.5, 0.6) is 0 Å². The van der Waals surface area contributed by atoms with E-state index in [9.17, 15) is 9.18 Å². The minimum absolute atomic E-state index is 0.0520. The average Bonchev–Trinajstić information content (AvgIpc) is 2.25. The van der Waals surface area contributed by atoms with Crippen molar-refractivity contribution in [2.24, 2.45) is 0 Å². The molecule has 1 aromatic rings. The zero-order valence-corrected chi connectivity index (χ0v) is 11.7. The number of hydrogen-bond acceptors (Lipinski definition) is 1. The Morgan fingerprint density at radius 3 is 2.67 bits per heavy atom. The lowest BCUT2D eigenvalue weighted by Gasteiger charge is -2.05. The maximum atomic E-state index is 13.4. The van der Waals surface area contributed by atoms with Gasteiger partial charge in [0.1, 0.15) is 13.9 Å². The summed E-state index contributed by atoms with van der Waals surface area (Å²) in [5.74, 6) is 2.58. The molecule has 0 radical (unpaired) electrons. The number of hydrogen-bond donors (Lipinski definition) is 2. The zero-order chi connectivity index (χ0) is 13.8. The van der Waals surface area contributed by atoms with Gasteiger partial charge in [-0.25, -0.2) is 9.18 Å². The van der Waals surface area contributed by atoms with Crippen molar-refractivity contribution < 1.29 is 14.3 Å². The first-order valence-electron chi connectivity index (χ1n) is 5.56. The van der Waals surface area contributed by atoms with Crippen LogP contribution in [0.4, 0.5) is 9.18 Å². The van der Waals surface area contributed by atoms with Crippen LogP contribution >= 0.6 is 0 Å². The van der Waals surface area contributed by atoms with E-state index in [-0.39, 0.29) is 6.54 Å². The Morgan fingerprint density at radius 2 is 2.11 bits per heavy atom. The van der Waals surface area contributed by atoms with Crippen molar-refractivity contribution >= 4 is 14.2 Å². The Hall–Kier alpha value is -1.80. The van der Waals surface area contributed by atoms with Gasteiger partial charge in [0, 0.05) is 17.7 Å². The minimum Gasteiger partial charge on any atom is -0.465 e. The van der Waals surface area contributed by atoms with Crippen LogP contribution in [0.1, 0.15) is 11.1 Å². The van der Waals surface area contributed by atoms with Gasteiger partial charge in [-0.3, -0.25) is 0 Å². The summed E-state index contributed by atoms with van der Waals surface area (Å²) in [6.45, 7) is 6.31. The van der Waals surface area contributed by atoms with E-state index in [0.29, 0.717) is 11.1 Å². The smallest absolute Gasteiger partial charge is 0.404 e. The summed E-state index contributed by atoms with van der Waals surface area (Å²) in [5.41, 5.74) is 4.19. The second-order valence-corrected chi connectivity index (χ2v) is 9.71. The van der Waals surface area contributed by atoms with E-state index in [1.54, 1.807) is 12.1 Å². The van der Waals surface area contributed by atoms with E-state index >= 15 is 0 Å². The Morgan fingerprint density at radius 1 is 1.44 bits per heavy atom. The Bertz CT molecular complexity index is 512. The minimum atomic E-state index is -1.47. The fourth-order valence-electron chi connectivity index (χ4n) is 1.22. The predicted octanol–water partition coefficient (Wildman–Crippen LogP) is 2.82. The first kappa shape index (κ1) is 14.3. The van der Waals surface area contributed by atoms with Crippen molar-refractivity contribution in [1.29, 1.82) is 0 Å². The Labute approximate surface area is 107 Å². The lowest BCUT2D eigenvalue weighted by molar-refractivity contribution is 0.194. The van der Waals surface area contributed by atoms with Gasteiger partial charge in [0.2, 0.25) is 0 Å². The van der Waals surface area contributed by atoms with Crippen molar-refractivity contribution in [2.75, 3.05) is 0 Å². The molecule has 96 valence electrons. The standard InChI is InChI=1S/C13H16FNO2Si/c1-18(2,3)7-6-10-4-5-12(14)11(8-10)9-15-13(16)17/h4-5,8,15H,9H2,1-3H3,(H,16,17). The van der Waals surface area contributed by atoms with E-state index in [2.05, 4.69) is 36.4 Å². The summed E-state index contributed by atoms with van der Waals surface area (Å²) in [7, 11) is -1.47. The van der Waals surface area contributed by atoms with Gasteiger partial charge in [-0.2, -0.15) is 0 Å². The van der Waals surface area contributed by atoms with Crippen molar-refractivity contribution in [1.82, 2.24) is 5.32 Å². The van der Waals surface area contributed by atoms with Crippen molar-refractivity contribution in [3.63, 3.8) is 0 Å². The molecule has 0 saturated carbocycles. The molecule has 0 saturated heterocycles. The molecule has 2 N–H and O–H groups in total.